The Morgan fingerprint density at radius 1 is 1.17 bits per heavy atom. The summed E-state index contributed by atoms with van der Waals surface area (Å²) in [4.78, 5) is 34.1. The normalized spacial score (nSPS) is 12.2. The van der Waals surface area contributed by atoms with Crippen LogP contribution in [0.2, 0.25) is 0 Å². The van der Waals surface area contributed by atoms with Gasteiger partial charge < -0.3 is 20.5 Å². The van der Waals surface area contributed by atoms with E-state index < -0.39 is 29.6 Å². The Hall–Kier alpha value is -2.57. The van der Waals surface area contributed by atoms with E-state index in [0.717, 1.165) is 5.56 Å². The molecule has 0 bridgehead atoms. The first-order chi connectivity index (χ1) is 10.6. The quantitative estimate of drug-likeness (QED) is 0.631. The monoisotopic (exact) mass is 322 g/mol. The molecule has 1 aromatic rings. The van der Waals surface area contributed by atoms with Crippen molar-refractivity contribution < 1.29 is 23.9 Å². The molecule has 0 unspecified atom stereocenters. The van der Waals surface area contributed by atoms with Crippen molar-refractivity contribution in [1.29, 1.82) is 0 Å². The summed E-state index contributed by atoms with van der Waals surface area (Å²) in [7, 11) is 0. The molecule has 0 heterocycles. The van der Waals surface area contributed by atoms with Gasteiger partial charge in [-0.25, -0.2) is 4.79 Å². The van der Waals surface area contributed by atoms with Crippen molar-refractivity contribution in [3.8, 4) is 5.75 Å². The second-order valence-corrected chi connectivity index (χ2v) is 6.04. The summed E-state index contributed by atoms with van der Waals surface area (Å²) in [5.74, 6) is -0.684. The average Bonchev–Trinajstić information content (AvgIpc) is 2.37. The zero-order valence-electron chi connectivity index (χ0n) is 13.7. The molecule has 0 radical (unpaired) electrons. The van der Waals surface area contributed by atoms with Gasteiger partial charge in [-0.2, -0.15) is 0 Å². The standard InChI is InChI=1S/C16H22N2O5/c1-10(19)22-12-7-5-11(6-8-12)9-13(14(17)20)18-15(21)23-16(2,3)4/h5-8,13H,9H2,1-4H3,(H2,17,20)(H,18,21)/t13-/m0/s1. The molecule has 7 heteroatoms. The van der Waals surface area contributed by atoms with Crippen LogP contribution in [0.1, 0.15) is 33.3 Å². The van der Waals surface area contributed by atoms with Gasteiger partial charge in [0.05, 0.1) is 0 Å². The van der Waals surface area contributed by atoms with Crippen LogP contribution in [0.25, 0.3) is 0 Å². The third-order valence-corrected chi connectivity index (χ3v) is 2.66. The summed E-state index contributed by atoms with van der Waals surface area (Å²) in [6.07, 6.45) is -0.507. The average molecular weight is 322 g/mol. The fourth-order valence-electron chi connectivity index (χ4n) is 1.77. The number of hydrogen-bond acceptors (Lipinski definition) is 5. The molecule has 0 aromatic heterocycles. The Kier molecular flexibility index (Phi) is 6.12. The highest BCUT2D eigenvalue weighted by molar-refractivity contribution is 5.84. The fraction of sp³-hybridized carbons (Fsp3) is 0.438. The maximum atomic E-state index is 11.7. The fourth-order valence-corrected chi connectivity index (χ4v) is 1.77. The maximum Gasteiger partial charge on any atom is 0.408 e. The number of ether oxygens (including phenoxy) is 2. The van der Waals surface area contributed by atoms with E-state index in [9.17, 15) is 14.4 Å². The second kappa shape index (κ2) is 7.62. The van der Waals surface area contributed by atoms with Crippen LogP contribution in [0.4, 0.5) is 4.79 Å². The molecule has 0 saturated carbocycles. The number of benzene rings is 1. The molecule has 3 N–H and O–H groups in total. The summed E-state index contributed by atoms with van der Waals surface area (Å²) in [5, 5.41) is 2.45. The number of amides is 2. The number of primary amides is 1. The highest BCUT2D eigenvalue weighted by Gasteiger charge is 2.23. The smallest absolute Gasteiger partial charge is 0.408 e. The van der Waals surface area contributed by atoms with E-state index in [4.69, 9.17) is 15.2 Å². The molecule has 2 amide bonds. The molecule has 0 saturated heterocycles. The van der Waals surface area contributed by atoms with E-state index in [0.29, 0.717) is 5.75 Å². The van der Waals surface area contributed by atoms with Crippen LogP contribution in [0.3, 0.4) is 0 Å². The van der Waals surface area contributed by atoms with Gasteiger partial charge in [-0.1, -0.05) is 12.1 Å². The summed E-state index contributed by atoms with van der Waals surface area (Å²) >= 11 is 0. The van der Waals surface area contributed by atoms with Crippen LogP contribution < -0.4 is 15.8 Å². The molecule has 0 aliphatic rings. The molecular weight excluding hydrogens is 300 g/mol. The molecule has 0 aliphatic heterocycles. The zero-order chi connectivity index (χ0) is 17.6. The minimum absolute atomic E-state index is 0.203. The largest absolute Gasteiger partial charge is 0.444 e. The lowest BCUT2D eigenvalue weighted by molar-refractivity contribution is -0.131. The molecule has 1 aromatic carbocycles. The van der Waals surface area contributed by atoms with Crippen LogP contribution in [-0.4, -0.2) is 29.6 Å². The molecule has 7 nitrogen and oxygen atoms in total. The molecule has 0 fully saturated rings. The van der Waals surface area contributed by atoms with Crippen molar-refractivity contribution in [1.82, 2.24) is 5.32 Å². The lowest BCUT2D eigenvalue weighted by Crippen LogP contribution is -2.47. The Bertz CT molecular complexity index is 575. The van der Waals surface area contributed by atoms with Crippen LogP contribution in [0, 0.1) is 0 Å². The van der Waals surface area contributed by atoms with Crippen molar-refractivity contribution in [3.05, 3.63) is 29.8 Å². The molecule has 0 aliphatic carbocycles. The number of esters is 1. The number of carbonyl (C=O) groups excluding carboxylic acids is 3. The molecule has 1 rings (SSSR count). The first kappa shape index (κ1) is 18.5. The van der Waals surface area contributed by atoms with Crippen LogP contribution in [0.15, 0.2) is 24.3 Å². The second-order valence-electron chi connectivity index (χ2n) is 6.04. The molecule has 0 spiro atoms. The highest BCUT2D eigenvalue weighted by Crippen LogP contribution is 2.14. The number of nitrogens with one attached hydrogen (secondary N) is 1. The van der Waals surface area contributed by atoms with Gasteiger partial charge in [-0.3, -0.25) is 9.59 Å². The Balaban J connectivity index is 2.71. The third-order valence-electron chi connectivity index (χ3n) is 2.66. The Labute approximate surface area is 135 Å². The third kappa shape index (κ3) is 7.30. The summed E-state index contributed by atoms with van der Waals surface area (Å²) in [6, 6.07) is 5.67. The van der Waals surface area contributed by atoms with E-state index >= 15 is 0 Å². The van der Waals surface area contributed by atoms with Gasteiger partial charge in [-0.05, 0) is 38.5 Å². The maximum absolute atomic E-state index is 11.7. The van der Waals surface area contributed by atoms with Gasteiger partial charge in [0.25, 0.3) is 0 Å². The van der Waals surface area contributed by atoms with Crippen molar-refractivity contribution in [3.63, 3.8) is 0 Å². The van der Waals surface area contributed by atoms with E-state index in [1.54, 1.807) is 45.0 Å². The van der Waals surface area contributed by atoms with Crippen LogP contribution in [0.5, 0.6) is 5.75 Å². The zero-order valence-corrected chi connectivity index (χ0v) is 13.7. The first-order valence-corrected chi connectivity index (χ1v) is 7.13. The minimum atomic E-state index is -0.899. The molecule has 1 atom stereocenters. The van der Waals surface area contributed by atoms with E-state index in [2.05, 4.69) is 5.32 Å². The number of nitrogens with two attached hydrogens (primary N) is 1. The summed E-state index contributed by atoms with van der Waals surface area (Å²) in [5.41, 5.74) is 5.40. The van der Waals surface area contributed by atoms with Crippen molar-refractivity contribution in [2.24, 2.45) is 5.73 Å². The van der Waals surface area contributed by atoms with Gasteiger partial charge in [0.1, 0.15) is 17.4 Å². The number of alkyl carbamates (subject to hydrolysis) is 1. The van der Waals surface area contributed by atoms with Gasteiger partial charge in [-0.15, -0.1) is 0 Å². The number of hydrogen-bond donors (Lipinski definition) is 2. The number of carbonyl (C=O) groups is 3. The molecular formula is C16H22N2O5. The van der Waals surface area contributed by atoms with E-state index in [-0.39, 0.29) is 6.42 Å². The van der Waals surface area contributed by atoms with Crippen LogP contribution in [-0.2, 0) is 20.7 Å². The van der Waals surface area contributed by atoms with Crippen LogP contribution >= 0.6 is 0 Å². The van der Waals surface area contributed by atoms with Gasteiger partial charge in [0, 0.05) is 13.3 Å². The molecule has 23 heavy (non-hydrogen) atoms. The van der Waals surface area contributed by atoms with Gasteiger partial charge >= 0.3 is 12.1 Å². The lowest BCUT2D eigenvalue weighted by Gasteiger charge is -2.22. The number of rotatable bonds is 5. The summed E-state index contributed by atoms with van der Waals surface area (Å²) in [6.45, 7) is 6.47. The van der Waals surface area contributed by atoms with Crippen molar-refractivity contribution >= 4 is 18.0 Å². The van der Waals surface area contributed by atoms with Gasteiger partial charge in [0.2, 0.25) is 5.91 Å². The predicted molar refractivity (Wildman–Crippen MR) is 83.8 cm³/mol. The van der Waals surface area contributed by atoms with Gasteiger partial charge in [0.15, 0.2) is 0 Å². The first-order valence-electron chi connectivity index (χ1n) is 7.13. The minimum Gasteiger partial charge on any atom is -0.444 e. The summed E-state index contributed by atoms with van der Waals surface area (Å²) < 4.78 is 10.0. The predicted octanol–water partition coefficient (Wildman–Crippen LogP) is 1.53. The van der Waals surface area contributed by atoms with Crippen molar-refractivity contribution in [2.75, 3.05) is 0 Å². The lowest BCUT2D eigenvalue weighted by atomic mass is 10.1. The van der Waals surface area contributed by atoms with E-state index in [1.807, 2.05) is 0 Å². The Morgan fingerprint density at radius 2 is 1.74 bits per heavy atom. The Morgan fingerprint density at radius 3 is 2.17 bits per heavy atom. The van der Waals surface area contributed by atoms with E-state index in [1.165, 1.54) is 6.92 Å². The SMILES string of the molecule is CC(=O)Oc1ccc(C[C@H](NC(=O)OC(C)(C)C)C(N)=O)cc1. The topological polar surface area (TPSA) is 108 Å². The highest BCUT2D eigenvalue weighted by atomic mass is 16.6. The van der Waals surface area contributed by atoms with Crippen molar-refractivity contribution in [2.45, 2.75) is 45.8 Å². The molecule has 126 valence electrons.